The number of amides is 1. The zero-order chi connectivity index (χ0) is 18.1. The summed E-state index contributed by atoms with van der Waals surface area (Å²) in [4.78, 5) is 16.2. The van der Waals surface area contributed by atoms with Gasteiger partial charge in [0.05, 0.1) is 13.2 Å². The fourth-order valence-electron chi connectivity index (χ4n) is 2.44. The predicted molar refractivity (Wildman–Crippen MR) is 101 cm³/mol. The van der Waals surface area contributed by atoms with Gasteiger partial charge in [0.1, 0.15) is 5.75 Å². The normalized spacial score (nSPS) is 14.1. The number of ether oxygens (including phenoxy) is 1. The van der Waals surface area contributed by atoms with E-state index in [4.69, 9.17) is 4.74 Å². The molecule has 1 aliphatic rings. The van der Waals surface area contributed by atoms with E-state index in [0.29, 0.717) is 26.2 Å². The van der Waals surface area contributed by atoms with Crippen LogP contribution in [0.3, 0.4) is 0 Å². The van der Waals surface area contributed by atoms with Crippen LogP contribution in [-0.2, 0) is 11.3 Å². The van der Waals surface area contributed by atoms with Crippen molar-refractivity contribution in [3.8, 4) is 5.75 Å². The monoisotopic (exact) mass is 346 g/mol. The number of aliphatic imine (C=N–C) groups is 1. The van der Waals surface area contributed by atoms with Crippen molar-refractivity contribution >= 4 is 11.9 Å². The molecular weight excluding hydrogens is 316 g/mol. The Morgan fingerprint density at radius 2 is 1.96 bits per heavy atom. The Morgan fingerprint density at radius 1 is 1.20 bits per heavy atom. The third kappa shape index (κ3) is 6.64. The lowest BCUT2D eigenvalue weighted by Gasteiger charge is -2.13. The van der Waals surface area contributed by atoms with Crippen molar-refractivity contribution in [3.05, 3.63) is 29.3 Å². The molecule has 1 aromatic carbocycles. The van der Waals surface area contributed by atoms with Crippen molar-refractivity contribution in [1.82, 2.24) is 16.0 Å². The standard InChI is InChI=1S/C19H30N4O2/c1-4-20-19(22-11-10-21-18(24)15-8-9-15)23-13-16-7-6-14(3)12-17(16)25-5-2/h6-7,12,15H,4-5,8-11,13H2,1-3H3,(H,21,24)(H2,20,22,23). The summed E-state index contributed by atoms with van der Waals surface area (Å²) in [7, 11) is 0. The van der Waals surface area contributed by atoms with Gasteiger partial charge in [0.2, 0.25) is 5.91 Å². The Kier molecular flexibility index (Phi) is 7.57. The van der Waals surface area contributed by atoms with Crippen molar-refractivity contribution in [2.45, 2.75) is 40.2 Å². The molecule has 0 saturated heterocycles. The summed E-state index contributed by atoms with van der Waals surface area (Å²) in [6.45, 7) is 9.29. The van der Waals surface area contributed by atoms with Gasteiger partial charge in [-0.2, -0.15) is 0 Å². The minimum absolute atomic E-state index is 0.171. The maximum Gasteiger partial charge on any atom is 0.223 e. The van der Waals surface area contributed by atoms with Gasteiger partial charge in [-0.3, -0.25) is 4.79 Å². The number of hydrogen-bond donors (Lipinski definition) is 3. The van der Waals surface area contributed by atoms with Crippen molar-refractivity contribution in [2.75, 3.05) is 26.2 Å². The van der Waals surface area contributed by atoms with Gasteiger partial charge in [-0.05, 0) is 45.2 Å². The summed E-state index contributed by atoms with van der Waals surface area (Å²) < 4.78 is 5.71. The van der Waals surface area contributed by atoms with Crippen LogP contribution < -0.4 is 20.7 Å². The summed E-state index contributed by atoms with van der Waals surface area (Å²) >= 11 is 0. The van der Waals surface area contributed by atoms with Crippen LogP contribution in [0.5, 0.6) is 5.75 Å². The number of guanidine groups is 1. The second kappa shape index (κ2) is 9.91. The molecule has 0 bridgehead atoms. The molecule has 0 radical (unpaired) electrons. The van der Waals surface area contributed by atoms with Crippen LogP contribution in [-0.4, -0.2) is 38.1 Å². The van der Waals surface area contributed by atoms with Gasteiger partial charge in [-0.1, -0.05) is 12.1 Å². The fourth-order valence-corrected chi connectivity index (χ4v) is 2.44. The molecule has 6 heteroatoms. The Bertz CT molecular complexity index is 597. The van der Waals surface area contributed by atoms with Crippen LogP contribution in [0, 0.1) is 12.8 Å². The zero-order valence-electron chi connectivity index (χ0n) is 15.5. The molecule has 0 aromatic heterocycles. The number of rotatable bonds is 9. The highest BCUT2D eigenvalue weighted by molar-refractivity contribution is 5.81. The van der Waals surface area contributed by atoms with Crippen molar-refractivity contribution in [3.63, 3.8) is 0 Å². The van der Waals surface area contributed by atoms with E-state index in [1.54, 1.807) is 0 Å². The molecule has 1 saturated carbocycles. The number of aryl methyl sites for hydroxylation is 1. The van der Waals surface area contributed by atoms with Gasteiger partial charge < -0.3 is 20.7 Å². The largest absolute Gasteiger partial charge is 0.494 e. The van der Waals surface area contributed by atoms with E-state index >= 15 is 0 Å². The summed E-state index contributed by atoms with van der Waals surface area (Å²) in [5, 5.41) is 9.42. The molecule has 25 heavy (non-hydrogen) atoms. The van der Waals surface area contributed by atoms with Crippen LogP contribution >= 0.6 is 0 Å². The Morgan fingerprint density at radius 3 is 2.64 bits per heavy atom. The average Bonchev–Trinajstić information content (AvgIpc) is 3.43. The lowest BCUT2D eigenvalue weighted by Crippen LogP contribution is -2.41. The van der Waals surface area contributed by atoms with Crippen molar-refractivity contribution in [1.29, 1.82) is 0 Å². The second-order valence-electron chi connectivity index (χ2n) is 6.23. The predicted octanol–water partition coefficient (Wildman–Crippen LogP) is 1.98. The van der Waals surface area contributed by atoms with Crippen LogP contribution in [0.2, 0.25) is 0 Å². The second-order valence-corrected chi connectivity index (χ2v) is 6.23. The third-order valence-electron chi connectivity index (χ3n) is 3.94. The molecule has 1 aromatic rings. The van der Waals surface area contributed by atoms with Gasteiger partial charge >= 0.3 is 0 Å². The molecule has 1 aliphatic carbocycles. The molecule has 138 valence electrons. The molecule has 6 nitrogen and oxygen atoms in total. The number of nitrogens with zero attached hydrogens (tertiary/aromatic N) is 1. The van der Waals surface area contributed by atoms with Gasteiger partial charge in [-0.15, -0.1) is 0 Å². The van der Waals surface area contributed by atoms with E-state index in [2.05, 4.69) is 40.0 Å². The first kappa shape index (κ1) is 19.1. The average molecular weight is 346 g/mol. The number of carbonyl (C=O) groups is 1. The lowest BCUT2D eigenvalue weighted by molar-refractivity contribution is -0.122. The molecule has 3 N–H and O–H groups in total. The highest BCUT2D eigenvalue weighted by Crippen LogP contribution is 2.28. The number of benzene rings is 1. The SMILES string of the molecule is CCNC(=NCc1ccc(C)cc1OCC)NCCNC(=O)C1CC1. The molecular formula is C19H30N4O2. The smallest absolute Gasteiger partial charge is 0.223 e. The fraction of sp³-hybridized carbons (Fsp3) is 0.579. The highest BCUT2D eigenvalue weighted by atomic mass is 16.5. The van der Waals surface area contributed by atoms with Gasteiger partial charge in [0, 0.05) is 31.1 Å². The van der Waals surface area contributed by atoms with E-state index in [1.165, 1.54) is 5.56 Å². The van der Waals surface area contributed by atoms with Crippen LogP contribution in [0.1, 0.15) is 37.8 Å². The molecule has 0 heterocycles. The van der Waals surface area contributed by atoms with E-state index in [-0.39, 0.29) is 11.8 Å². The molecule has 2 rings (SSSR count). The summed E-state index contributed by atoms with van der Waals surface area (Å²) in [5.74, 6) is 2.05. The van der Waals surface area contributed by atoms with Crippen molar-refractivity contribution < 1.29 is 9.53 Å². The molecule has 0 atom stereocenters. The molecule has 0 aliphatic heterocycles. The maximum absolute atomic E-state index is 11.6. The minimum Gasteiger partial charge on any atom is -0.494 e. The summed E-state index contributed by atoms with van der Waals surface area (Å²) in [6, 6.07) is 6.17. The number of carbonyl (C=O) groups excluding carboxylic acids is 1. The van der Waals surface area contributed by atoms with E-state index in [9.17, 15) is 4.79 Å². The zero-order valence-corrected chi connectivity index (χ0v) is 15.5. The number of nitrogens with one attached hydrogen (secondary N) is 3. The quantitative estimate of drug-likeness (QED) is 0.363. The van der Waals surface area contributed by atoms with Gasteiger partial charge in [0.25, 0.3) is 0 Å². The lowest BCUT2D eigenvalue weighted by atomic mass is 10.1. The van der Waals surface area contributed by atoms with Gasteiger partial charge in [-0.25, -0.2) is 4.99 Å². The van der Waals surface area contributed by atoms with E-state index < -0.39 is 0 Å². The first-order valence-electron chi connectivity index (χ1n) is 9.16. The first-order chi connectivity index (χ1) is 12.1. The topological polar surface area (TPSA) is 74.8 Å². The molecule has 0 spiro atoms. The Hall–Kier alpha value is -2.24. The maximum atomic E-state index is 11.6. The van der Waals surface area contributed by atoms with E-state index in [1.807, 2.05) is 19.9 Å². The van der Waals surface area contributed by atoms with Crippen LogP contribution in [0.25, 0.3) is 0 Å². The Labute approximate surface area is 150 Å². The van der Waals surface area contributed by atoms with Gasteiger partial charge in [0.15, 0.2) is 5.96 Å². The molecule has 1 fully saturated rings. The first-order valence-corrected chi connectivity index (χ1v) is 9.16. The Balaban J connectivity index is 1.86. The number of hydrogen-bond acceptors (Lipinski definition) is 3. The van der Waals surface area contributed by atoms with E-state index in [0.717, 1.165) is 36.7 Å². The molecule has 1 amide bonds. The molecule has 0 unspecified atom stereocenters. The third-order valence-corrected chi connectivity index (χ3v) is 3.94. The van der Waals surface area contributed by atoms with Crippen LogP contribution in [0.4, 0.5) is 0 Å². The minimum atomic E-state index is 0.171. The highest BCUT2D eigenvalue weighted by Gasteiger charge is 2.28. The van der Waals surface area contributed by atoms with Crippen molar-refractivity contribution in [2.24, 2.45) is 10.9 Å². The van der Waals surface area contributed by atoms with Crippen LogP contribution in [0.15, 0.2) is 23.2 Å². The summed E-state index contributed by atoms with van der Waals surface area (Å²) in [6.07, 6.45) is 2.06. The summed E-state index contributed by atoms with van der Waals surface area (Å²) in [5.41, 5.74) is 2.24.